The van der Waals surface area contributed by atoms with Gasteiger partial charge in [0.05, 0.1) is 6.07 Å². The molecule has 1 saturated carbocycles. The molecule has 1 rings (SSSR count). The minimum Gasteiger partial charge on any atom is -0.340 e. The van der Waals surface area contributed by atoms with E-state index >= 15 is 0 Å². The Kier molecular flexibility index (Phi) is 2.48. The Labute approximate surface area is 66.4 Å². The van der Waals surface area contributed by atoms with E-state index in [0.717, 1.165) is 19.3 Å². The van der Waals surface area contributed by atoms with Gasteiger partial charge in [-0.25, -0.2) is 0 Å². The first kappa shape index (κ1) is 8.06. The third-order valence-electron chi connectivity index (χ3n) is 2.03. The molecule has 0 aromatic rings. The Balaban J connectivity index is 2.26. The van der Waals surface area contributed by atoms with Crippen molar-refractivity contribution in [2.75, 3.05) is 0 Å². The number of nitrogens with zero attached hydrogens (tertiary/aromatic N) is 1. The average Bonchev–Trinajstić information content (AvgIpc) is 1.83. The molecule has 0 aromatic heterocycles. The second-order valence-corrected chi connectivity index (χ2v) is 2.99. The van der Waals surface area contributed by atoms with E-state index in [2.05, 4.69) is 5.32 Å². The topological polar surface area (TPSA) is 52.9 Å². The van der Waals surface area contributed by atoms with E-state index < -0.39 is 0 Å². The van der Waals surface area contributed by atoms with Gasteiger partial charge < -0.3 is 5.32 Å². The Bertz CT molecular complexity index is 191. The third kappa shape index (κ3) is 1.94. The number of carbonyl (C=O) groups excluding carboxylic acids is 1. The first-order valence-corrected chi connectivity index (χ1v) is 3.94. The number of hydrogen-bond donors (Lipinski definition) is 1. The molecule has 1 aliphatic rings. The highest BCUT2D eigenvalue weighted by atomic mass is 16.1. The van der Waals surface area contributed by atoms with E-state index in [-0.39, 0.29) is 17.9 Å². The lowest BCUT2D eigenvalue weighted by Gasteiger charge is -2.24. The minimum atomic E-state index is -0.344. The van der Waals surface area contributed by atoms with Gasteiger partial charge in [-0.05, 0) is 19.8 Å². The molecule has 0 aromatic carbocycles. The number of hydrogen-bond acceptors (Lipinski definition) is 2. The summed E-state index contributed by atoms with van der Waals surface area (Å²) in [7, 11) is 0. The van der Waals surface area contributed by atoms with Crippen LogP contribution in [-0.4, -0.2) is 11.9 Å². The van der Waals surface area contributed by atoms with Crippen molar-refractivity contribution in [1.82, 2.24) is 5.32 Å². The lowest BCUT2D eigenvalue weighted by atomic mass is 9.85. The van der Waals surface area contributed by atoms with Crippen molar-refractivity contribution in [3.63, 3.8) is 0 Å². The van der Waals surface area contributed by atoms with E-state index in [9.17, 15) is 4.79 Å². The zero-order chi connectivity index (χ0) is 8.27. The molecule has 0 saturated heterocycles. The fraction of sp³-hybridized carbons (Fsp3) is 0.750. The van der Waals surface area contributed by atoms with Gasteiger partial charge in [-0.15, -0.1) is 0 Å². The van der Waals surface area contributed by atoms with Crippen LogP contribution in [0.15, 0.2) is 0 Å². The van der Waals surface area contributed by atoms with Crippen LogP contribution >= 0.6 is 0 Å². The van der Waals surface area contributed by atoms with Gasteiger partial charge in [0.1, 0.15) is 6.04 Å². The van der Waals surface area contributed by atoms with Gasteiger partial charge in [-0.1, -0.05) is 6.42 Å². The summed E-state index contributed by atoms with van der Waals surface area (Å²) in [5.41, 5.74) is 0. The maximum atomic E-state index is 11.1. The van der Waals surface area contributed by atoms with Gasteiger partial charge in [0.15, 0.2) is 0 Å². The van der Waals surface area contributed by atoms with E-state index in [1.165, 1.54) is 0 Å². The lowest BCUT2D eigenvalue weighted by molar-refractivity contribution is -0.127. The molecular formula is C8H12N2O. The molecule has 11 heavy (non-hydrogen) atoms. The molecule has 3 heteroatoms. The summed E-state index contributed by atoms with van der Waals surface area (Å²) in [4.78, 5) is 11.1. The number of carbonyl (C=O) groups is 1. The number of amides is 1. The van der Waals surface area contributed by atoms with Gasteiger partial charge in [-0.2, -0.15) is 5.26 Å². The molecule has 0 radical (unpaired) electrons. The molecule has 0 aliphatic heterocycles. The van der Waals surface area contributed by atoms with Crippen LogP contribution in [0.1, 0.15) is 26.2 Å². The van der Waals surface area contributed by atoms with Crippen LogP contribution in [0.4, 0.5) is 0 Å². The molecule has 0 bridgehead atoms. The Morgan fingerprint density at radius 1 is 1.73 bits per heavy atom. The fourth-order valence-corrected chi connectivity index (χ4v) is 1.03. The third-order valence-corrected chi connectivity index (χ3v) is 2.03. The standard InChI is InChI=1S/C8H12N2O/c1-6(5-9)10-8(11)7-3-2-4-7/h6-7H,2-4H2,1H3,(H,10,11). The molecule has 1 atom stereocenters. The Morgan fingerprint density at radius 3 is 2.73 bits per heavy atom. The van der Waals surface area contributed by atoms with Gasteiger partial charge in [0.2, 0.25) is 5.91 Å². The van der Waals surface area contributed by atoms with Crippen LogP contribution in [0.5, 0.6) is 0 Å². The number of nitrogens with one attached hydrogen (secondary N) is 1. The van der Waals surface area contributed by atoms with Gasteiger partial charge in [0.25, 0.3) is 0 Å². The summed E-state index contributed by atoms with van der Waals surface area (Å²) in [5.74, 6) is 0.233. The smallest absolute Gasteiger partial charge is 0.224 e. The van der Waals surface area contributed by atoms with E-state index in [1.807, 2.05) is 6.07 Å². The first-order chi connectivity index (χ1) is 5.24. The van der Waals surface area contributed by atoms with Crippen molar-refractivity contribution in [3.8, 4) is 6.07 Å². The highest BCUT2D eigenvalue weighted by molar-refractivity contribution is 5.79. The lowest BCUT2D eigenvalue weighted by Crippen LogP contribution is -2.38. The molecule has 3 nitrogen and oxygen atoms in total. The molecule has 1 amide bonds. The maximum absolute atomic E-state index is 11.1. The van der Waals surface area contributed by atoms with Crippen LogP contribution in [0.25, 0.3) is 0 Å². The highest BCUT2D eigenvalue weighted by Crippen LogP contribution is 2.26. The Hall–Kier alpha value is -1.04. The second kappa shape index (κ2) is 3.38. The fourth-order valence-electron chi connectivity index (χ4n) is 1.03. The van der Waals surface area contributed by atoms with Crippen molar-refractivity contribution in [3.05, 3.63) is 0 Å². The number of nitriles is 1. The molecule has 1 N–H and O–H groups in total. The molecule has 0 spiro atoms. The van der Waals surface area contributed by atoms with Crippen LogP contribution in [0.2, 0.25) is 0 Å². The predicted molar refractivity (Wildman–Crippen MR) is 40.6 cm³/mol. The summed E-state index contributed by atoms with van der Waals surface area (Å²) in [6.07, 6.45) is 3.13. The van der Waals surface area contributed by atoms with Crippen LogP contribution in [-0.2, 0) is 4.79 Å². The molecule has 0 heterocycles. The maximum Gasteiger partial charge on any atom is 0.224 e. The number of rotatable bonds is 2. The second-order valence-electron chi connectivity index (χ2n) is 2.99. The van der Waals surface area contributed by atoms with Crippen molar-refractivity contribution in [2.45, 2.75) is 32.2 Å². The quantitative estimate of drug-likeness (QED) is 0.636. The van der Waals surface area contributed by atoms with E-state index in [4.69, 9.17) is 5.26 Å². The summed E-state index contributed by atoms with van der Waals surface area (Å²) >= 11 is 0. The van der Waals surface area contributed by atoms with Gasteiger partial charge in [0, 0.05) is 5.92 Å². The molecule has 1 unspecified atom stereocenters. The zero-order valence-electron chi connectivity index (χ0n) is 6.63. The van der Waals surface area contributed by atoms with Crippen LogP contribution < -0.4 is 5.32 Å². The predicted octanol–water partition coefficient (Wildman–Crippen LogP) is 0.815. The van der Waals surface area contributed by atoms with Crippen molar-refractivity contribution >= 4 is 5.91 Å². The molecule has 1 fully saturated rings. The monoisotopic (exact) mass is 152 g/mol. The van der Waals surface area contributed by atoms with Gasteiger partial charge in [-0.3, -0.25) is 4.79 Å². The van der Waals surface area contributed by atoms with Gasteiger partial charge >= 0.3 is 0 Å². The normalized spacial score (nSPS) is 19.6. The summed E-state index contributed by atoms with van der Waals surface area (Å²) in [5, 5.41) is 11.0. The first-order valence-electron chi connectivity index (χ1n) is 3.94. The summed E-state index contributed by atoms with van der Waals surface area (Å²) < 4.78 is 0. The zero-order valence-corrected chi connectivity index (χ0v) is 6.63. The van der Waals surface area contributed by atoms with Crippen molar-refractivity contribution in [1.29, 1.82) is 5.26 Å². The van der Waals surface area contributed by atoms with Crippen molar-refractivity contribution < 1.29 is 4.79 Å². The molecular weight excluding hydrogens is 140 g/mol. The van der Waals surface area contributed by atoms with Crippen LogP contribution in [0.3, 0.4) is 0 Å². The highest BCUT2D eigenvalue weighted by Gasteiger charge is 2.25. The summed E-state index contributed by atoms with van der Waals surface area (Å²) in [6, 6.07) is 1.62. The van der Waals surface area contributed by atoms with E-state index in [0.29, 0.717) is 0 Å². The average molecular weight is 152 g/mol. The van der Waals surface area contributed by atoms with Crippen LogP contribution in [0, 0.1) is 17.2 Å². The minimum absolute atomic E-state index is 0.0466. The van der Waals surface area contributed by atoms with Crippen molar-refractivity contribution in [2.24, 2.45) is 5.92 Å². The molecule has 1 aliphatic carbocycles. The Morgan fingerprint density at radius 2 is 2.36 bits per heavy atom. The SMILES string of the molecule is CC(C#N)NC(=O)C1CCC1. The largest absolute Gasteiger partial charge is 0.340 e. The summed E-state index contributed by atoms with van der Waals surface area (Å²) in [6.45, 7) is 1.69. The van der Waals surface area contributed by atoms with E-state index in [1.54, 1.807) is 6.92 Å². The molecule has 60 valence electrons.